The van der Waals surface area contributed by atoms with Gasteiger partial charge in [0.25, 0.3) is 0 Å². The number of hydrogen-bond acceptors (Lipinski definition) is 3. The third-order valence-corrected chi connectivity index (χ3v) is 4.26. The highest BCUT2D eigenvalue weighted by atomic mass is 15.1. The molecule has 1 unspecified atom stereocenters. The van der Waals surface area contributed by atoms with Crippen molar-refractivity contribution >= 4 is 22.6 Å². The molecule has 2 aromatic heterocycles. The zero-order chi connectivity index (χ0) is 15.1. The Morgan fingerprint density at radius 2 is 1.86 bits per heavy atom. The number of hydrogen-bond donors (Lipinski definition) is 1. The third-order valence-electron chi connectivity index (χ3n) is 4.26. The minimum atomic E-state index is 0.432. The summed E-state index contributed by atoms with van der Waals surface area (Å²) in [4.78, 5) is 9.06. The molecule has 110 valence electrons. The van der Waals surface area contributed by atoms with Gasteiger partial charge in [0.05, 0.1) is 11.0 Å². The minimum Gasteiger partial charge on any atom is -0.384 e. The van der Waals surface area contributed by atoms with Crippen LogP contribution in [0.1, 0.15) is 49.4 Å². The molecule has 2 N–H and O–H groups in total. The van der Waals surface area contributed by atoms with E-state index in [0.717, 1.165) is 23.9 Å². The van der Waals surface area contributed by atoms with Crippen LogP contribution < -0.4 is 5.73 Å². The van der Waals surface area contributed by atoms with Crippen LogP contribution in [0.5, 0.6) is 0 Å². The lowest BCUT2D eigenvalue weighted by Gasteiger charge is -2.14. The number of anilines is 1. The number of nitrogens with zero attached hydrogens (tertiary/aromatic N) is 3. The summed E-state index contributed by atoms with van der Waals surface area (Å²) in [5, 5.41) is 0. The standard InChI is InChI=1S/C17H22N4/c1-5-6-10(2)14-9-16(18)20-17-19-13-7-11(3)12(4)8-15(13)21(14)17/h7-10H,5-6H2,1-4H3,(H2,18,19,20). The number of fused-ring (bicyclic) bond motifs is 3. The van der Waals surface area contributed by atoms with E-state index in [2.05, 4.69) is 54.2 Å². The van der Waals surface area contributed by atoms with Gasteiger partial charge in [-0.15, -0.1) is 0 Å². The van der Waals surface area contributed by atoms with Gasteiger partial charge in [0, 0.05) is 11.8 Å². The molecule has 0 aliphatic heterocycles. The Hall–Kier alpha value is -2.10. The predicted octanol–water partition coefficient (Wildman–Crippen LogP) is 3.99. The summed E-state index contributed by atoms with van der Waals surface area (Å²) in [5.74, 6) is 1.68. The van der Waals surface area contributed by atoms with Crippen LogP contribution in [-0.4, -0.2) is 14.4 Å². The molecule has 0 fully saturated rings. The molecule has 0 aliphatic carbocycles. The van der Waals surface area contributed by atoms with Gasteiger partial charge in [0.1, 0.15) is 5.82 Å². The largest absolute Gasteiger partial charge is 0.384 e. The summed E-state index contributed by atoms with van der Waals surface area (Å²) in [6.07, 6.45) is 2.28. The van der Waals surface area contributed by atoms with Gasteiger partial charge in [-0.2, -0.15) is 4.98 Å². The summed E-state index contributed by atoms with van der Waals surface area (Å²) in [6.45, 7) is 8.69. The van der Waals surface area contributed by atoms with E-state index in [0.29, 0.717) is 17.5 Å². The second-order valence-corrected chi connectivity index (χ2v) is 5.97. The zero-order valence-corrected chi connectivity index (χ0v) is 13.1. The van der Waals surface area contributed by atoms with Crippen LogP contribution in [0, 0.1) is 13.8 Å². The first kappa shape index (κ1) is 13.9. The summed E-state index contributed by atoms with van der Waals surface area (Å²) < 4.78 is 2.17. The normalized spacial score (nSPS) is 13.1. The number of nitrogen functional groups attached to an aromatic ring is 1. The van der Waals surface area contributed by atoms with E-state index < -0.39 is 0 Å². The van der Waals surface area contributed by atoms with Gasteiger partial charge in [-0.1, -0.05) is 20.3 Å². The molecular formula is C17H22N4. The van der Waals surface area contributed by atoms with E-state index >= 15 is 0 Å². The van der Waals surface area contributed by atoms with Crippen molar-refractivity contribution in [1.82, 2.24) is 14.4 Å². The van der Waals surface area contributed by atoms with E-state index in [9.17, 15) is 0 Å². The molecule has 3 rings (SSSR count). The number of nitrogens with two attached hydrogens (primary N) is 1. The maximum atomic E-state index is 5.98. The van der Waals surface area contributed by atoms with Crippen molar-refractivity contribution < 1.29 is 0 Å². The Balaban J connectivity index is 2.38. The fourth-order valence-corrected chi connectivity index (χ4v) is 2.96. The number of aromatic nitrogens is 3. The Bertz CT molecular complexity index is 817. The van der Waals surface area contributed by atoms with Crippen molar-refractivity contribution in [3.8, 4) is 0 Å². The third kappa shape index (κ3) is 2.24. The van der Waals surface area contributed by atoms with Crippen molar-refractivity contribution in [3.05, 3.63) is 35.0 Å². The molecule has 0 aliphatic rings. The average Bonchev–Trinajstić information content (AvgIpc) is 2.75. The Morgan fingerprint density at radius 1 is 1.14 bits per heavy atom. The molecule has 2 heterocycles. The highest BCUT2D eigenvalue weighted by molar-refractivity contribution is 5.82. The molecule has 1 aromatic carbocycles. The number of rotatable bonds is 3. The van der Waals surface area contributed by atoms with Crippen molar-refractivity contribution in [1.29, 1.82) is 0 Å². The quantitative estimate of drug-likeness (QED) is 0.790. The molecule has 3 aromatic rings. The van der Waals surface area contributed by atoms with Crippen molar-refractivity contribution in [2.24, 2.45) is 0 Å². The Morgan fingerprint density at radius 3 is 2.57 bits per heavy atom. The summed E-state index contributed by atoms with van der Waals surface area (Å²) in [7, 11) is 0. The van der Waals surface area contributed by atoms with Crippen LogP contribution in [0.15, 0.2) is 18.2 Å². The molecule has 0 saturated heterocycles. The Kier molecular flexibility index (Phi) is 3.32. The van der Waals surface area contributed by atoms with Crippen LogP contribution in [0.25, 0.3) is 16.8 Å². The Labute approximate surface area is 125 Å². The second-order valence-electron chi connectivity index (χ2n) is 5.97. The molecule has 0 spiro atoms. The number of aryl methyl sites for hydroxylation is 2. The second kappa shape index (κ2) is 5.02. The van der Waals surface area contributed by atoms with E-state index in [1.807, 2.05) is 6.07 Å². The number of imidazole rings is 1. The van der Waals surface area contributed by atoms with Gasteiger partial charge in [-0.05, 0) is 49.4 Å². The maximum absolute atomic E-state index is 5.98. The van der Waals surface area contributed by atoms with Gasteiger partial charge in [-0.25, -0.2) is 4.98 Å². The first-order valence-corrected chi connectivity index (χ1v) is 7.57. The molecule has 0 saturated carbocycles. The van der Waals surface area contributed by atoms with Crippen LogP contribution in [0.2, 0.25) is 0 Å². The molecule has 0 radical (unpaired) electrons. The number of benzene rings is 1. The van der Waals surface area contributed by atoms with Gasteiger partial charge >= 0.3 is 0 Å². The van der Waals surface area contributed by atoms with E-state index in [-0.39, 0.29) is 0 Å². The fourth-order valence-electron chi connectivity index (χ4n) is 2.96. The monoisotopic (exact) mass is 282 g/mol. The molecule has 21 heavy (non-hydrogen) atoms. The van der Waals surface area contributed by atoms with Gasteiger partial charge in [-0.3, -0.25) is 4.40 Å². The van der Waals surface area contributed by atoms with Crippen molar-refractivity contribution in [2.45, 2.75) is 46.5 Å². The molecule has 4 heteroatoms. The predicted molar refractivity (Wildman–Crippen MR) is 87.7 cm³/mol. The molecule has 1 atom stereocenters. The lowest BCUT2D eigenvalue weighted by Crippen LogP contribution is -2.06. The van der Waals surface area contributed by atoms with E-state index in [4.69, 9.17) is 5.73 Å². The lowest BCUT2D eigenvalue weighted by molar-refractivity contribution is 0.641. The topological polar surface area (TPSA) is 56.2 Å². The van der Waals surface area contributed by atoms with Crippen LogP contribution >= 0.6 is 0 Å². The summed E-state index contributed by atoms with van der Waals surface area (Å²) in [5.41, 5.74) is 11.8. The van der Waals surface area contributed by atoms with Crippen LogP contribution in [0.4, 0.5) is 5.82 Å². The highest BCUT2D eigenvalue weighted by Gasteiger charge is 2.15. The van der Waals surface area contributed by atoms with Crippen LogP contribution in [0.3, 0.4) is 0 Å². The molecule has 0 amide bonds. The van der Waals surface area contributed by atoms with E-state index in [1.165, 1.54) is 16.8 Å². The fraction of sp³-hybridized carbons (Fsp3) is 0.412. The van der Waals surface area contributed by atoms with Crippen LogP contribution in [-0.2, 0) is 0 Å². The average molecular weight is 282 g/mol. The van der Waals surface area contributed by atoms with E-state index in [1.54, 1.807) is 0 Å². The summed E-state index contributed by atoms with van der Waals surface area (Å²) >= 11 is 0. The highest BCUT2D eigenvalue weighted by Crippen LogP contribution is 2.28. The van der Waals surface area contributed by atoms with Crippen molar-refractivity contribution in [3.63, 3.8) is 0 Å². The molecule has 0 bridgehead atoms. The first-order chi connectivity index (χ1) is 10.0. The molecule has 4 nitrogen and oxygen atoms in total. The SMILES string of the molecule is CCCC(C)c1cc(N)nc2nc3cc(C)c(C)cc3n12. The minimum absolute atomic E-state index is 0.432. The molecular weight excluding hydrogens is 260 g/mol. The summed E-state index contributed by atoms with van der Waals surface area (Å²) in [6, 6.07) is 6.32. The van der Waals surface area contributed by atoms with Gasteiger partial charge < -0.3 is 5.73 Å². The lowest BCUT2D eigenvalue weighted by atomic mass is 10.0. The van der Waals surface area contributed by atoms with Gasteiger partial charge in [0.2, 0.25) is 5.78 Å². The zero-order valence-electron chi connectivity index (χ0n) is 13.1. The van der Waals surface area contributed by atoms with Gasteiger partial charge in [0.15, 0.2) is 0 Å². The smallest absolute Gasteiger partial charge is 0.237 e. The first-order valence-electron chi connectivity index (χ1n) is 7.57. The van der Waals surface area contributed by atoms with Crippen molar-refractivity contribution in [2.75, 3.05) is 5.73 Å². The maximum Gasteiger partial charge on any atom is 0.237 e.